The molecule has 16 heavy (non-hydrogen) atoms. The Morgan fingerprint density at radius 2 is 1.94 bits per heavy atom. The summed E-state index contributed by atoms with van der Waals surface area (Å²) in [7, 11) is 0. The molecule has 0 aliphatic rings. The number of nitrogens with zero attached hydrogens (tertiary/aromatic N) is 1. The summed E-state index contributed by atoms with van der Waals surface area (Å²) in [6.45, 7) is 2.06. The second-order valence-electron chi connectivity index (χ2n) is 3.47. The monoisotopic (exact) mass is 340 g/mol. The van der Waals surface area contributed by atoms with Crippen molar-refractivity contribution in [3.05, 3.63) is 51.0 Å². The van der Waals surface area contributed by atoms with Crippen LogP contribution in [-0.2, 0) is 0 Å². The minimum absolute atomic E-state index is 0.828. The molecule has 0 spiro atoms. The molecular formula is C12H10Br2N2. The van der Waals surface area contributed by atoms with Crippen LogP contribution in [0, 0.1) is 6.92 Å². The average Bonchev–Trinajstić information content (AvgIpc) is 2.27. The maximum atomic E-state index is 4.27. The van der Waals surface area contributed by atoms with Crippen LogP contribution in [0.4, 0.5) is 11.5 Å². The first-order valence-corrected chi connectivity index (χ1v) is 6.38. The summed E-state index contributed by atoms with van der Waals surface area (Å²) < 4.78 is 2.00. The summed E-state index contributed by atoms with van der Waals surface area (Å²) in [6.07, 6.45) is 1.77. The van der Waals surface area contributed by atoms with Gasteiger partial charge in [-0.05, 0) is 68.6 Å². The predicted octanol–water partition coefficient (Wildman–Crippen LogP) is 4.66. The van der Waals surface area contributed by atoms with Crippen LogP contribution in [0.1, 0.15) is 5.56 Å². The van der Waals surface area contributed by atoms with E-state index in [1.165, 1.54) is 5.56 Å². The normalized spacial score (nSPS) is 10.2. The van der Waals surface area contributed by atoms with Crippen molar-refractivity contribution in [3.63, 3.8) is 0 Å². The van der Waals surface area contributed by atoms with E-state index in [4.69, 9.17) is 0 Å². The Labute approximate surface area is 111 Å². The van der Waals surface area contributed by atoms with Crippen molar-refractivity contribution in [2.45, 2.75) is 6.92 Å². The number of aryl methyl sites for hydroxylation is 1. The Hall–Kier alpha value is -0.870. The number of pyridine rings is 1. The van der Waals surface area contributed by atoms with Crippen molar-refractivity contribution >= 4 is 43.4 Å². The number of anilines is 2. The summed E-state index contributed by atoms with van der Waals surface area (Å²) >= 11 is 6.86. The average molecular weight is 342 g/mol. The van der Waals surface area contributed by atoms with Gasteiger partial charge in [-0.2, -0.15) is 0 Å². The number of hydrogen-bond donors (Lipinski definition) is 1. The van der Waals surface area contributed by atoms with Crippen LogP contribution in [0.25, 0.3) is 0 Å². The van der Waals surface area contributed by atoms with Crippen LogP contribution in [0.15, 0.2) is 45.5 Å². The molecule has 0 aliphatic carbocycles. The molecule has 0 fully saturated rings. The fraction of sp³-hybridized carbons (Fsp3) is 0.0833. The molecule has 0 unspecified atom stereocenters. The molecule has 0 bridgehead atoms. The van der Waals surface area contributed by atoms with Crippen molar-refractivity contribution in [1.29, 1.82) is 0 Å². The standard InChI is InChI=1S/C12H10Br2N2/c1-8-2-4-10(14)11(6-8)16-12-5-3-9(13)7-15-12/h2-7H,1H3,(H,15,16). The quantitative estimate of drug-likeness (QED) is 0.859. The molecule has 4 heteroatoms. The fourth-order valence-corrected chi connectivity index (χ4v) is 1.90. The summed E-state index contributed by atoms with van der Waals surface area (Å²) in [4.78, 5) is 4.27. The van der Waals surface area contributed by atoms with E-state index >= 15 is 0 Å². The molecule has 0 atom stereocenters. The zero-order valence-corrected chi connectivity index (χ0v) is 11.8. The largest absolute Gasteiger partial charge is 0.339 e. The van der Waals surface area contributed by atoms with Gasteiger partial charge in [0.25, 0.3) is 0 Å². The van der Waals surface area contributed by atoms with Gasteiger partial charge in [-0.3, -0.25) is 0 Å². The van der Waals surface area contributed by atoms with E-state index in [9.17, 15) is 0 Å². The molecule has 1 aromatic heterocycles. The topological polar surface area (TPSA) is 24.9 Å². The first kappa shape index (κ1) is 11.6. The number of halogens is 2. The molecule has 0 saturated carbocycles. The highest BCUT2D eigenvalue weighted by Gasteiger charge is 2.01. The van der Waals surface area contributed by atoms with Gasteiger partial charge < -0.3 is 5.32 Å². The number of hydrogen-bond acceptors (Lipinski definition) is 2. The van der Waals surface area contributed by atoms with Crippen LogP contribution >= 0.6 is 31.9 Å². The van der Waals surface area contributed by atoms with Crippen LogP contribution in [0.5, 0.6) is 0 Å². The summed E-state index contributed by atoms with van der Waals surface area (Å²) in [5, 5.41) is 3.26. The lowest BCUT2D eigenvalue weighted by atomic mass is 10.2. The van der Waals surface area contributed by atoms with Crippen molar-refractivity contribution in [1.82, 2.24) is 4.98 Å². The minimum atomic E-state index is 0.828. The van der Waals surface area contributed by atoms with E-state index in [0.717, 1.165) is 20.5 Å². The Kier molecular flexibility index (Phi) is 3.61. The lowest BCUT2D eigenvalue weighted by molar-refractivity contribution is 1.29. The lowest BCUT2D eigenvalue weighted by Gasteiger charge is -2.08. The third-order valence-electron chi connectivity index (χ3n) is 2.11. The molecule has 1 heterocycles. The van der Waals surface area contributed by atoms with Crippen molar-refractivity contribution < 1.29 is 0 Å². The van der Waals surface area contributed by atoms with Crippen LogP contribution in [0.2, 0.25) is 0 Å². The first-order chi connectivity index (χ1) is 7.65. The summed E-state index contributed by atoms with van der Waals surface area (Å²) in [5.74, 6) is 0.828. The summed E-state index contributed by atoms with van der Waals surface area (Å²) in [5.41, 5.74) is 2.23. The maximum Gasteiger partial charge on any atom is 0.130 e. The maximum absolute atomic E-state index is 4.27. The third kappa shape index (κ3) is 2.83. The molecule has 2 rings (SSSR count). The smallest absolute Gasteiger partial charge is 0.130 e. The van der Waals surface area contributed by atoms with Crippen molar-refractivity contribution in [2.75, 3.05) is 5.32 Å². The lowest BCUT2D eigenvalue weighted by Crippen LogP contribution is -1.94. The molecule has 1 N–H and O–H groups in total. The zero-order valence-electron chi connectivity index (χ0n) is 8.67. The Morgan fingerprint density at radius 3 is 2.62 bits per heavy atom. The molecule has 2 nitrogen and oxygen atoms in total. The Morgan fingerprint density at radius 1 is 1.12 bits per heavy atom. The van der Waals surface area contributed by atoms with E-state index in [2.05, 4.69) is 61.2 Å². The van der Waals surface area contributed by atoms with Gasteiger partial charge in [0.1, 0.15) is 5.82 Å². The van der Waals surface area contributed by atoms with Gasteiger partial charge in [-0.15, -0.1) is 0 Å². The third-order valence-corrected chi connectivity index (χ3v) is 3.27. The van der Waals surface area contributed by atoms with E-state index in [-0.39, 0.29) is 0 Å². The van der Waals surface area contributed by atoms with E-state index < -0.39 is 0 Å². The predicted molar refractivity (Wildman–Crippen MR) is 74.1 cm³/mol. The number of nitrogens with one attached hydrogen (secondary N) is 1. The van der Waals surface area contributed by atoms with Crippen LogP contribution in [-0.4, -0.2) is 4.98 Å². The molecule has 2 aromatic rings. The Bertz CT molecular complexity index is 495. The van der Waals surface area contributed by atoms with Gasteiger partial charge in [0.15, 0.2) is 0 Å². The van der Waals surface area contributed by atoms with Crippen molar-refractivity contribution in [3.8, 4) is 0 Å². The summed E-state index contributed by atoms with van der Waals surface area (Å²) in [6, 6.07) is 10.0. The molecule has 0 saturated heterocycles. The molecule has 1 aromatic carbocycles. The molecule has 0 radical (unpaired) electrons. The van der Waals surface area contributed by atoms with Gasteiger partial charge in [0.05, 0.1) is 5.69 Å². The number of benzene rings is 1. The highest BCUT2D eigenvalue weighted by atomic mass is 79.9. The number of rotatable bonds is 2. The van der Waals surface area contributed by atoms with Crippen LogP contribution < -0.4 is 5.32 Å². The second kappa shape index (κ2) is 4.97. The van der Waals surface area contributed by atoms with E-state index in [0.29, 0.717) is 0 Å². The van der Waals surface area contributed by atoms with Gasteiger partial charge >= 0.3 is 0 Å². The highest BCUT2D eigenvalue weighted by molar-refractivity contribution is 9.10. The Balaban J connectivity index is 2.26. The highest BCUT2D eigenvalue weighted by Crippen LogP contribution is 2.26. The zero-order chi connectivity index (χ0) is 11.5. The molecule has 0 amide bonds. The first-order valence-electron chi connectivity index (χ1n) is 4.80. The van der Waals surface area contributed by atoms with E-state index in [1.54, 1.807) is 6.20 Å². The fourth-order valence-electron chi connectivity index (χ4n) is 1.32. The number of aromatic nitrogens is 1. The van der Waals surface area contributed by atoms with Gasteiger partial charge in [0, 0.05) is 15.1 Å². The molecule has 82 valence electrons. The van der Waals surface area contributed by atoms with Gasteiger partial charge in [0.2, 0.25) is 0 Å². The SMILES string of the molecule is Cc1ccc(Br)c(Nc2ccc(Br)cn2)c1. The molecular weight excluding hydrogens is 332 g/mol. The van der Waals surface area contributed by atoms with Crippen molar-refractivity contribution in [2.24, 2.45) is 0 Å². The van der Waals surface area contributed by atoms with E-state index in [1.807, 2.05) is 18.2 Å². The van der Waals surface area contributed by atoms with Gasteiger partial charge in [-0.1, -0.05) is 6.07 Å². The molecule has 0 aliphatic heterocycles. The van der Waals surface area contributed by atoms with Gasteiger partial charge in [-0.25, -0.2) is 4.98 Å². The second-order valence-corrected chi connectivity index (χ2v) is 5.24. The van der Waals surface area contributed by atoms with Crippen LogP contribution in [0.3, 0.4) is 0 Å². The minimum Gasteiger partial charge on any atom is -0.339 e.